The quantitative estimate of drug-likeness (QED) is 0.732. The van der Waals surface area contributed by atoms with Crippen LogP contribution in [0.5, 0.6) is 0 Å². The predicted octanol–water partition coefficient (Wildman–Crippen LogP) is 1.03. The van der Waals surface area contributed by atoms with Gasteiger partial charge >= 0.3 is 5.97 Å². The Kier molecular flexibility index (Phi) is 6.75. The third-order valence-electron chi connectivity index (χ3n) is 3.74. The molecule has 0 aromatic carbocycles. The van der Waals surface area contributed by atoms with Crippen molar-refractivity contribution in [3.8, 4) is 0 Å². The molecule has 1 heterocycles. The van der Waals surface area contributed by atoms with Gasteiger partial charge in [-0.25, -0.2) is 0 Å². The largest absolute Gasteiger partial charge is 0.465 e. The van der Waals surface area contributed by atoms with Gasteiger partial charge < -0.3 is 19.7 Å². The van der Waals surface area contributed by atoms with Crippen molar-refractivity contribution < 1.29 is 14.3 Å². The lowest BCUT2D eigenvalue weighted by Gasteiger charge is -2.30. The molecule has 5 nitrogen and oxygen atoms in total. The van der Waals surface area contributed by atoms with E-state index in [0.717, 1.165) is 39.1 Å². The average molecular weight is 272 g/mol. The standard InChI is InChI=1S/C14H28N2O3/c1-5-18-13(17)14(3,15-4)7-9-16-8-6-10-19-12(2)11-16/h12,15H,5-11H2,1-4H3. The summed E-state index contributed by atoms with van der Waals surface area (Å²) in [5.41, 5.74) is -0.605. The van der Waals surface area contributed by atoms with E-state index in [4.69, 9.17) is 9.47 Å². The molecule has 1 rings (SSSR count). The molecule has 112 valence electrons. The van der Waals surface area contributed by atoms with Gasteiger partial charge in [0, 0.05) is 26.2 Å². The van der Waals surface area contributed by atoms with Crippen LogP contribution in [-0.2, 0) is 14.3 Å². The maximum atomic E-state index is 12.0. The molecule has 0 aliphatic carbocycles. The summed E-state index contributed by atoms with van der Waals surface area (Å²) in [5.74, 6) is -0.170. The minimum Gasteiger partial charge on any atom is -0.465 e. The second-order valence-corrected chi connectivity index (χ2v) is 5.39. The van der Waals surface area contributed by atoms with Gasteiger partial charge in [-0.3, -0.25) is 4.79 Å². The maximum absolute atomic E-state index is 12.0. The smallest absolute Gasteiger partial charge is 0.326 e. The monoisotopic (exact) mass is 272 g/mol. The summed E-state index contributed by atoms with van der Waals surface area (Å²) < 4.78 is 10.8. The zero-order valence-electron chi connectivity index (χ0n) is 12.7. The van der Waals surface area contributed by atoms with Crippen LogP contribution in [0.1, 0.15) is 33.6 Å². The lowest BCUT2D eigenvalue weighted by atomic mass is 9.97. The lowest BCUT2D eigenvalue weighted by molar-refractivity contribution is -0.150. The molecule has 0 aromatic heterocycles. The van der Waals surface area contributed by atoms with Gasteiger partial charge in [-0.05, 0) is 40.7 Å². The van der Waals surface area contributed by atoms with Gasteiger partial charge in [0.25, 0.3) is 0 Å². The molecule has 0 saturated carbocycles. The number of ether oxygens (including phenoxy) is 2. The maximum Gasteiger partial charge on any atom is 0.326 e. The SMILES string of the molecule is CCOC(=O)C(C)(CCN1CCCOC(C)C1)NC. The fraction of sp³-hybridized carbons (Fsp3) is 0.929. The van der Waals surface area contributed by atoms with Crippen molar-refractivity contribution in [2.45, 2.75) is 45.3 Å². The van der Waals surface area contributed by atoms with Crippen LogP contribution in [0.2, 0.25) is 0 Å². The number of carbonyl (C=O) groups excluding carboxylic acids is 1. The van der Waals surface area contributed by atoms with Crippen LogP contribution in [-0.4, -0.2) is 62.4 Å². The summed E-state index contributed by atoms with van der Waals surface area (Å²) in [5, 5.41) is 3.10. The van der Waals surface area contributed by atoms with Crippen LogP contribution < -0.4 is 5.32 Å². The Balaban J connectivity index is 2.49. The molecule has 2 atom stereocenters. The van der Waals surface area contributed by atoms with Crippen molar-refractivity contribution >= 4 is 5.97 Å². The first kappa shape index (κ1) is 16.4. The summed E-state index contributed by atoms with van der Waals surface area (Å²) in [6, 6.07) is 0. The van der Waals surface area contributed by atoms with E-state index in [-0.39, 0.29) is 12.1 Å². The van der Waals surface area contributed by atoms with Crippen molar-refractivity contribution in [2.75, 3.05) is 39.9 Å². The van der Waals surface area contributed by atoms with Gasteiger partial charge in [0.1, 0.15) is 5.54 Å². The third kappa shape index (κ3) is 5.09. The van der Waals surface area contributed by atoms with Crippen LogP contribution >= 0.6 is 0 Å². The number of rotatable bonds is 6. The Morgan fingerprint density at radius 2 is 2.32 bits per heavy atom. The summed E-state index contributed by atoms with van der Waals surface area (Å²) in [6.07, 6.45) is 2.07. The summed E-state index contributed by atoms with van der Waals surface area (Å²) in [6.45, 7) is 9.94. The van der Waals surface area contributed by atoms with Gasteiger partial charge in [-0.1, -0.05) is 0 Å². The molecule has 1 N–H and O–H groups in total. The van der Waals surface area contributed by atoms with Crippen LogP contribution in [0.3, 0.4) is 0 Å². The topological polar surface area (TPSA) is 50.8 Å². The highest BCUT2D eigenvalue weighted by Crippen LogP contribution is 2.14. The van der Waals surface area contributed by atoms with Gasteiger partial charge in [-0.2, -0.15) is 0 Å². The van der Waals surface area contributed by atoms with Gasteiger partial charge in [0.15, 0.2) is 0 Å². The van der Waals surface area contributed by atoms with Crippen molar-refractivity contribution in [1.29, 1.82) is 0 Å². The molecule has 2 unspecified atom stereocenters. The number of nitrogens with zero attached hydrogens (tertiary/aromatic N) is 1. The minimum absolute atomic E-state index is 0.170. The number of likely N-dealkylation sites (N-methyl/N-ethyl adjacent to an activating group) is 1. The molecule has 0 bridgehead atoms. The van der Waals surface area contributed by atoms with E-state index in [2.05, 4.69) is 17.1 Å². The van der Waals surface area contributed by atoms with Crippen molar-refractivity contribution in [2.24, 2.45) is 0 Å². The summed E-state index contributed by atoms with van der Waals surface area (Å²) in [7, 11) is 1.81. The highest BCUT2D eigenvalue weighted by Gasteiger charge is 2.33. The Morgan fingerprint density at radius 1 is 1.58 bits per heavy atom. The van der Waals surface area contributed by atoms with E-state index in [0.29, 0.717) is 6.61 Å². The van der Waals surface area contributed by atoms with E-state index in [1.165, 1.54) is 0 Å². The van der Waals surface area contributed by atoms with E-state index in [9.17, 15) is 4.79 Å². The summed E-state index contributed by atoms with van der Waals surface area (Å²) in [4.78, 5) is 14.3. The van der Waals surface area contributed by atoms with E-state index in [1.807, 2.05) is 20.9 Å². The van der Waals surface area contributed by atoms with Gasteiger partial charge in [0.2, 0.25) is 0 Å². The third-order valence-corrected chi connectivity index (χ3v) is 3.74. The van der Waals surface area contributed by atoms with E-state index >= 15 is 0 Å². The molecule has 0 radical (unpaired) electrons. The van der Waals surface area contributed by atoms with Gasteiger partial charge in [-0.15, -0.1) is 0 Å². The molecular weight excluding hydrogens is 244 g/mol. The predicted molar refractivity (Wildman–Crippen MR) is 75.2 cm³/mol. The molecule has 1 aliphatic rings. The zero-order valence-corrected chi connectivity index (χ0v) is 12.7. The van der Waals surface area contributed by atoms with Crippen molar-refractivity contribution in [3.05, 3.63) is 0 Å². The Labute approximate surface area is 116 Å². The molecule has 0 aromatic rings. The highest BCUT2D eigenvalue weighted by molar-refractivity contribution is 5.80. The molecule has 1 saturated heterocycles. The number of hydrogen-bond donors (Lipinski definition) is 1. The highest BCUT2D eigenvalue weighted by atomic mass is 16.5. The van der Waals surface area contributed by atoms with Gasteiger partial charge in [0.05, 0.1) is 12.7 Å². The molecular formula is C14H28N2O3. The van der Waals surface area contributed by atoms with Crippen LogP contribution in [0.15, 0.2) is 0 Å². The van der Waals surface area contributed by atoms with Crippen LogP contribution in [0.4, 0.5) is 0 Å². The minimum atomic E-state index is -0.605. The number of esters is 1. The van der Waals surface area contributed by atoms with Crippen LogP contribution in [0, 0.1) is 0 Å². The zero-order chi connectivity index (χ0) is 14.3. The Morgan fingerprint density at radius 3 is 2.95 bits per heavy atom. The van der Waals surface area contributed by atoms with Crippen LogP contribution in [0.25, 0.3) is 0 Å². The summed E-state index contributed by atoms with van der Waals surface area (Å²) >= 11 is 0. The lowest BCUT2D eigenvalue weighted by Crippen LogP contribution is -2.51. The van der Waals surface area contributed by atoms with Crippen molar-refractivity contribution in [3.63, 3.8) is 0 Å². The molecule has 0 spiro atoms. The van der Waals surface area contributed by atoms with E-state index < -0.39 is 5.54 Å². The number of nitrogens with one attached hydrogen (secondary N) is 1. The molecule has 1 fully saturated rings. The molecule has 5 heteroatoms. The first-order chi connectivity index (χ1) is 9.01. The first-order valence-corrected chi connectivity index (χ1v) is 7.22. The molecule has 19 heavy (non-hydrogen) atoms. The second-order valence-electron chi connectivity index (χ2n) is 5.39. The Bertz CT molecular complexity index is 286. The van der Waals surface area contributed by atoms with E-state index in [1.54, 1.807) is 0 Å². The first-order valence-electron chi connectivity index (χ1n) is 7.22. The Hall–Kier alpha value is -0.650. The molecule has 1 aliphatic heterocycles. The number of carbonyl (C=O) groups is 1. The fourth-order valence-corrected chi connectivity index (χ4v) is 2.28. The second kappa shape index (κ2) is 7.82. The fourth-order valence-electron chi connectivity index (χ4n) is 2.28. The average Bonchev–Trinajstić information content (AvgIpc) is 2.60. The molecule has 0 amide bonds. The number of hydrogen-bond acceptors (Lipinski definition) is 5. The normalized spacial score (nSPS) is 24.5. The van der Waals surface area contributed by atoms with Crippen molar-refractivity contribution in [1.82, 2.24) is 10.2 Å².